The average molecular weight is 435 g/mol. The highest BCUT2D eigenvalue weighted by Gasteiger charge is 2.11. The van der Waals surface area contributed by atoms with Crippen LogP contribution in [0, 0.1) is 0 Å². The van der Waals surface area contributed by atoms with Gasteiger partial charge in [0.25, 0.3) is 5.91 Å². The van der Waals surface area contributed by atoms with Gasteiger partial charge in [0.15, 0.2) is 5.76 Å². The minimum atomic E-state index is -3.82. The van der Waals surface area contributed by atoms with Crippen molar-refractivity contribution >= 4 is 33.3 Å². The van der Waals surface area contributed by atoms with E-state index in [1.807, 2.05) is 6.07 Å². The van der Waals surface area contributed by atoms with Crippen LogP contribution >= 0.6 is 0 Å². The standard InChI is InChI=1S/C21H17N5O4S/c22-31(28,29)17-7-2-6-16(13-17)25-21-23-10-9-18(26-21)14-4-1-5-15(12-14)24-20(27)19-8-3-11-30-19/h1-13H,(H,24,27)(H2,22,28,29)(H,23,25,26). The van der Waals surface area contributed by atoms with Crippen LogP contribution in [0.25, 0.3) is 11.3 Å². The van der Waals surface area contributed by atoms with E-state index in [2.05, 4.69) is 20.6 Å². The molecule has 0 saturated heterocycles. The van der Waals surface area contributed by atoms with Crippen LogP contribution in [0.1, 0.15) is 10.6 Å². The van der Waals surface area contributed by atoms with Gasteiger partial charge in [-0.05, 0) is 48.5 Å². The van der Waals surface area contributed by atoms with Crippen molar-refractivity contribution in [2.24, 2.45) is 5.14 Å². The summed E-state index contributed by atoms with van der Waals surface area (Å²) in [4.78, 5) is 20.8. The number of amides is 1. The van der Waals surface area contributed by atoms with Crippen LogP contribution in [0.15, 0.2) is 88.5 Å². The summed E-state index contributed by atoms with van der Waals surface area (Å²) in [5, 5.41) is 10.9. The predicted molar refractivity (Wildman–Crippen MR) is 115 cm³/mol. The maximum Gasteiger partial charge on any atom is 0.291 e. The maximum absolute atomic E-state index is 12.2. The molecule has 9 nitrogen and oxygen atoms in total. The molecule has 4 aromatic rings. The lowest BCUT2D eigenvalue weighted by atomic mass is 10.1. The van der Waals surface area contributed by atoms with Gasteiger partial charge in [0.1, 0.15) is 0 Å². The van der Waals surface area contributed by atoms with E-state index in [9.17, 15) is 13.2 Å². The highest BCUT2D eigenvalue weighted by atomic mass is 32.2. The Kier molecular flexibility index (Phi) is 5.48. The molecule has 0 aliphatic heterocycles. The monoisotopic (exact) mass is 435 g/mol. The molecule has 0 fully saturated rings. The van der Waals surface area contributed by atoms with Gasteiger partial charge in [0.2, 0.25) is 16.0 Å². The van der Waals surface area contributed by atoms with Gasteiger partial charge in [0.05, 0.1) is 16.9 Å². The molecule has 156 valence electrons. The zero-order chi connectivity index (χ0) is 21.8. The van der Waals surface area contributed by atoms with Crippen LogP contribution in [-0.2, 0) is 10.0 Å². The first kappa shape index (κ1) is 20.3. The molecule has 0 radical (unpaired) electrons. The van der Waals surface area contributed by atoms with E-state index in [1.54, 1.807) is 54.7 Å². The van der Waals surface area contributed by atoms with Crippen LogP contribution in [-0.4, -0.2) is 24.3 Å². The summed E-state index contributed by atoms with van der Waals surface area (Å²) in [6.07, 6.45) is 3.00. The zero-order valence-corrected chi connectivity index (χ0v) is 16.8. The number of carbonyl (C=O) groups excluding carboxylic acids is 1. The van der Waals surface area contributed by atoms with Crippen LogP contribution in [0.4, 0.5) is 17.3 Å². The summed E-state index contributed by atoms with van der Waals surface area (Å²) in [6.45, 7) is 0. The Morgan fingerprint density at radius 3 is 2.55 bits per heavy atom. The molecule has 1 amide bonds. The van der Waals surface area contributed by atoms with Crippen LogP contribution in [0.3, 0.4) is 0 Å². The summed E-state index contributed by atoms with van der Waals surface area (Å²) in [5.74, 6) is 0.122. The number of nitrogens with one attached hydrogen (secondary N) is 2. The SMILES string of the molecule is NS(=O)(=O)c1cccc(Nc2nccc(-c3cccc(NC(=O)c4ccco4)c3)n2)c1. The molecule has 31 heavy (non-hydrogen) atoms. The largest absolute Gasteiger partial charge is 0.459 e. The van der Waals surface area contributed by atoms with Gasteiger partial charge in [-0.15, -0.1) is 0 Å². The molecule has 0 atom stereocenters. The number of sulfonamides is 1. The summed E-state index contributed by atoms with van der Waals surface area (Å²) >= 11 is 0. The molecule has 0 bridgehead atoms. The van der Waals surface area contributed by atoms with Crippen molar-refractivity contribution in [3.05, 3.63) is 85.0 Å². The third-order valence-electron chi connectivity index (χ3n) is 4.24. The summed E-state index contributed by atoms with van der Waals surface area (Å²) in [7, 11) is -3.82. The smallest absolute Gasteiger partial charge is 0.291 e. The number of benzene rings is 2. The molecule has 4 rings (SSSR count). The van der Waals surface area contributed by atoms with Gasteiger partial charge in [-0.1, -0.05) is 18.2 Å². The minimum absolute atomic E-state index is 0.0198. The van der Waals surface area contributed by atoms with Crippen LogP contribution < -0.4 is 15.8 Å². The second-order valence-electron chi connectivity index (χ2n) is 6.48. The molecule has 2 aromatic heterocycles. The fourth-order valence-corrected chi connectivity index (χ4v) is 3.38. The Hall–Kier alpha value is -4.02. The first-order chi connectivity index (χ1) is 14.9. The van der Waals surface area contributed by atoms with E-state index in [1.165, 1.54) is 18.4 Å². The average Bonchev–Trinajstić information content (AvgIpc) is 3.29. The fourth-order valence-electron chi connectivity index (χ4n) is 2.82. The van der Waals surface area contributed by atoms with Crippen molar-refractivity contribution in [2.75, 3.05) is 10.6 Å². The predicted octanol–water partition coefficient (Wildman–Crippen LogP) is 3.38. The third kappa shape index (κ3) is 4.94. The number of hydrogen-bond acceptors (Lipinski definition) is 7. The Morgan fingerprint density at radius 1 is 0.968 bits per heavy atom. The lowest BCUT2D eigenvalue weighted by molar-refractivity contribution is 0.0996. The number of nitrogens with two attached hydrogens (primary N) is 1. The third-order valence-corrected chi connectivity index (χ3v) is 5.15. The lowest BCUT2D eigenvalue weighted by Gasteiger charge is -2.09. The molecular weight excluding hydrogens is 418 g/mol. The van der Waals surface area contributed by atoms with Gasteiger partial charge in [-0.3, -0.25) is 4.79 Å². The maximum atomic E-state index is 12.2. The van der Waals surface area contributed by atoms with Crippen molar-refractivity contribution in [3.8, 4) is 11.3 Å². The number of nitrogens with zero attached hydrogens (tertiary/aromatic N) is 2. The number of anilines is 3. The highest BCUT2D eigenvalue weighted by Crippen LogP contribution is 2.23. The molecular formula is C21H17N5O4S. The Morgan fingerprint density at radius 2 is 1.77 bits per heavy atom. The van der Waals surface area contributed by atoms with Gasteiger partial charge < -0.3 is 15.1 Å². The topological polar surface area (TPSA) is 140 Å². The van der Waals surface area contributed by atoms with Crippen molar-refractivity contribution in [1.82, 2.24) is 9.97 Å². The molecule has 10 heteroatoms. The fraction of sp³-hybridized carbons (Fsp3) is 0. The number of aromatic nitrogens is 2. The molecule has 0 unspecified atom stereocenters. The van der Waals surface area contributed by atoms with Gasteiger partial charge >= 0.3 is 0 Å². The van der Waals surface area contributed by atoms with Gasteiger partial charge in [0, 0.05) is 23.1 Å². The second-order valence-corrected chi connectivity index (χ2v) is 8.04. The van der Waals surface area contributed by atoms with E-state index >= 15 is 0 Å². The number of primary sulfonamides is 1. The molecule has 2 heterocycles. The van der Waals surface area contributed by atoms with E-state index in [0.717, 1.165) is 5.56 Å². The zero-order valence-electron chi connectivity index (χ0n) is 16.0. The molecule has 0 saturated carbocycles. The quantitative estimate of drug-likeness (QED) is 0.422. The number of furan rings is 1. The Labute approximate surface area is 178 Å². The summed E-state index contributed by atoms with van der Waals surface area (Å²) < 4.78 is 28.2. The molecule has 0 spiro atoms. The van der Waals surface area contributed by atoms with Gasteiger partial charge in [-0.25, -0.2) is 23.5 Å². The van der Waals surface area contributed by atoms with E-state index < -0.39 is 10.0 Å². The van der Waals surface area contributed by atoms with Crippen LogP contribution in [0.2, 0.25) is 0 Å². The molecule has 0 aliphatic carbocycles. The molecule has 4 N–H and O–H groups in total. The number of rotatable bonds is 6. The van der Waals surface area contributed by atoms with E-state index in [4.69, 9.17) is 9.56 Å². The van der Waals surface area contributed by atoms with Crippen molar-refractivity contribution < 1.29 is 17.6 Å². The Balaban J connectivity index is 1.55. The highest BCUT2D eigenvalue weighted by molar-refractivity contribution is 7.89. The molecule has 2 aromatic carbocycles. The normalized spacial score (nSPS) is 11.1. The second kappa shape index (κ2) is 8.38. The van der Waals surface area contributed by atoms with Crippen molar-refractivity contribution in [1.29, 1.82) is 0 Å². The summed E-state index contributed by atoms with van der Waals surface area (Å²) in [6, 6.07) is 18.1. The van der Waals surface area contributed by atoms with Crippen LogP contribution in [0.5, 0.6) is 0 Å². The van der Waals surface area contributed by atoms with E-state index in [-0.39, 0.29) is 22.5 Å². The van der Waals surface area contributed by atoms with E-state index in [0.29, 0.717) is 17.1 Å². The van der Waals surface area contributed by atoms with Crippen molar-refractivity contribution in [3.63, 3.8) is 0 Å². The Bertz CT molecular complexity index is 1340. The molecule has 0 aliphatic rings. The minimum Gasteiger partial charge on any atom is -0.459 e. The van der Waals surface area contributed by atoms with Crippen molar-refractivity contribution in [2.45, 2.75) is 4.90 Å². The summed E-state index contributed by atoms with van der Waals surface area (Å²) in [5.41, 5.74) is 2.41. The number of carbonyl (C=O) groups is 1. The van der Waals surface area contributed by atoms with Gasteiger partial charge in [-0.2, -0.15) is 0 Å². The lowest BCUT2D eigenvalue weighted by Crippen LogP contribution is -2.12. The first-order valence-electron chi connectivity index (χ1n) is 9.07. The first-order valence-corrected chi connectivity index (χ1v) is 10.6. The number of hydrogen-bond donors (Lipinski definition) is 3.